The van der Waals surface area contributed by atoms with Crippen LogP contribution in [0.3, 0.4) is 0 Å². The third-order valence-electron chi connectivity index (χ3n) is 5.54. The van der Waals surface area contributed by atoms with E-state index in [0.717, 1.165) is 36.1 Å². The van der Waals surface area contributed by atoms with E-state index in [1.165, 1.54) is 25.7 Å². The van der Waals surface area contributed by atoms with E-state index in [2.05, 4.69) is 26.9 Å². The van der Waals surface area contributed by atoms with Crippen molar-refractivity contribution >= 4 is 35.8 Å². The minimum Gasteiger partial charge on any atom is -0.356 e. The monoisotopic (exact) mass is 539 g/mol. The largest absolute Gasteiger partial charge is 0.356 e. The summed E-state index contributed by atoms with van der Waals surface area (Å²) in [5, 5.41) is 15.3. The van der Waals surface area contributed by atoms with Crippen LogP contribution in [0.1, 0.15) is 53.3 Å². The molecule has 0 saturated heterocycles. The molecule has 3 rings (SSSR count). The standard InChI is InChI=1S/C22H33N7O.HI/c1-16-26-27-20(29(16)4)15-24-22(25-19-10-5-6-11-19)23-13-12-17-8-7-9-18(14-17)21(30)28(2)3;/h7-9,14,19H,5-6,10-13,15H2,1-4H3,(H2,23,24,25);1H. The zero-order valence-corrected chi connectivity index (χ0v) is 21.2. The van der Waals surface area contributed by atoms with Crippen molar-refractivity contribution in [1.82, 2.24) is 30.3 Å². The molecule has 1 aliphatic rings. The smallest absolute Gasteiger partial charge is 0.253 e. The summed E-state index contributed by atoms with van der Waals surface area (Å²) >= 11 is 0. The topological polar surface area (TPSA) is 87.4 Å². The molecular formula is C22H34IN7O. The van der Waals surface area contributed by atoms with Gasteiger partial charge in [0, 0.05) is 39.3 Å². The normalized spacial score (nSPS) is 14.3. The lowest BCUT2D eigenvalue weighted by atomic mass is 10.1. The Labute approximate surface area is 201 Å². The van der Waals surface area contributed by atoms with Crippen LogP contribution >= 0.6 is 24.0 Å². The third-order valence-corrected chi connectivity index (χ3v) is 5.54. The number of carbonyl (C=O) groups excluding carboxylic acids is 1. The average molecular weight is 539 g/mol. The SMILES string of the molecule is Cc1nnc(CN=C(NCCc2cccc(C(=O)N(C)C)c2)NC2CCCC2)n1C.I. The van der Waals surface area contributed by atoms with Gasteiger partial charge in [0.1, 0.15) is 12.4 Å². The van der Waals surface area contributed by atoms with Gasteiger partial charge in [-0.3, -0.25) is 4.79 Å². The molecule has 1 fully saturated rings. The molecule has 0 aliphatic heterocycles. The number of guanidine groups is 1. The van der Waals surface area contributed by atoms with Gasteiger partial charge in [0.15, 0.2) is 11.8 Å². The predicted molar refractivity (Wildman–Crippen MR) is 134 cm³/mol. The number of aryl methyl sites for hydroxylation is 1. The lowest BCUT2D eigenvalue weighted by molar-refractivity contribution is 0.0827. The lowest BCUT2D eigenvalue weighted by Gasteiger charge is -2.17. The van der Waals surface area contributed by atoms with Crippen molar-refractivity contribution in [3.8, 4) is 0 Å². The van der Waals surface area contributed by atoms with Crippen LogP contribution in [0.5, 0.6) is 0 Å². The van der Waals surface area contributed by atoms with Gasteiger partial charge in [-0.1, -0.05) is 25.0 Å². The minimum atomic E-state index is 0. The number of nitrogens with zero attached hydrogens (tertiary/aromatic N) is 5. The molecule has 0 spiro atoms. The van der Waals surface area contributed by atoms with Crippen molar-refractivity contribution in [2.75, 3.05) is 20.6 Å². The number of halogens is 1. The second kappa shape index (κ2) is 12.0. The van der Waals surface area contributed by atoms with E-state index in [0.29, 0.717) is 18.2 Å². The first kappa shape index (κ1) is 25.1. The number of hydrogen-bond donors (Lipinski definition) is 2. The van der Waals surface area contributed by atoms with Crippen LogP contribution in [-0.4, -0.2) is 58.2 Å². The quantitative estimate of drug-likeness (QED) is 0.321. The number of hydrogen-bond acceptors (Lipinski definition) is 4. The molecule has 1 aliphatic carbocycles. The maximum atomic E-state index is 12.2. The van der Waals surface area contributed by atoms with Crippen molar-refractivity contribution in [3.63, 3.8) is 0 Å². The Balaban J connectivity index is 0.00000341. The molecule has 1 saturated carbocycles. The van der Waals surface area contributed by atoms with Crippen LogP contribution in [0.4, 0.5) is 0 Å². The number of aromatic nitrogens is 3. The molecule has 1 amide bonds. The summed E-state index contributed by atoms with van der Waals surface area (Å²) in [7, 11) is 5.50. The summed E-state index contributed by atoms with van der Waals surface area (Å²) in [5.41, 5.74) is 1.84. The first-order valence-electron chi connectivity index (χ1n) is 10.6. The molecule has 2 aromatic rings. The number of aliphatic imine (C=N–C) groups is 1. The predicted octanol–water partition coefficient (Wildman–Crippen LogP) is 2.66. The molecule has 0 unspecified atom stereocenters. The van der Waals surface area contributed by atoms with Crippen LogP contribution in [0.15, 0.2) is 29.3 Å². The molecule has 2 N–H and O–H groups in total. The molecule has 8 nitrogen and oxygen atoms in total. The van der Waals surface area contributed by atoms with Crippen molar-refractivity contribution < 1.29 is 4.79 Å². The summed E-state index contributed by atoms with van der Waals surface area (Å²) in [6.45, 7) is 3.15. The van der Waals surface area contributed by atoms with E-state index in [4.69, 9.17) is 4.99 Å². The van der Waals surface area contributed by atoms with E-state index in [9.17, 15) is 4.79 Å². The molecule has 9 heteroatoms. The highest BCUT2D eigenvalue weighted by molar-refractivity contribution is 14.0. The Bertz CT molecular complexity index is 888. The molecule has 170 valence electrons. The maximum absolute atomic E-state index is 12.2. The summed E-state index contributed by atoms with van der Waals surface area (Å²) in [4.78, 5) is 18.5. The van der Waals surface area contributed by atoms with Crippen LogP contribution in [0.25, 0.3) is 0 Å². The van der Waals surface area contributed by atoms with Crippen LogP contribution < -0.4 is 10.6 Å². The molecule has 0 bridgehead atoms. The fourth-order valence-electron chi connectivity index (χ4n) is 3.60. The number of benzene rings is 1. The molecule has 0 atom stereocenters. The van der Waals surface area contributed by atoms with E-state index in [1.54, 1.807) is 19.0 Å². The third kappa shape index (κ3) is 7.19. The van der Waals surface area contributed by atoms with Crippen LogP contribution in [-0.2, 0) is 20.0 Å². The van der Waals surface area contributed by atoms with E-state index >= 15 is 0 Å². The number of amides is 1. The molecule has 1 heterocycles. The summed E-state index contributed by atoms with van der Waals surface area (Å²) < 4.78 is 1.96. The first-order chi connectivity index (χ1) is 14.4. The van der Waals surface area contributed by atoms with Crippen molar-refractivity contribution in [3.05, 3.63) is 47.0 Å². The van der Waals surface area contributed by atoms with Gasteiger partial charge in [0.25, 0.3) is 5.91 Å². The highest BCUT2D eigenvalue weighted by atomic mass is 127. The Kier molecular flexibility index (Phi) is 9.73. The molecule has 1 aromatic heterocycles. The van der Waals surface area contributed by atoms with Crippen molar-refractivity contribution in [2.45, 2.75) is 51.6 Å². The molecule has 0 radical (unpaired) electrons. The van der Waals surface area contributed by atoms with Gasteiger partial charge in [0.05, 0.1) is 0 Å². The molecule has 1 aromatic carbocycles. The summed E-state index contributed by atoms with van der Waals surface area (Å²) in [5.74, 6) is 2.55. The zero-order valence-electron chi connectivity index (χ0n) is 18.9. The minimum absolute atomic E-state index is 0. The highest BCUT2D eigenvalue weighted by Crippen LogP contribution is 2.17. The summed E-state index contributed by atoms with van der Waals surface area (Å²) in [6.07, 6.45) is 5.69. The van der Waals surface area contributed by atoms with Gasteiger partial charge >= 0.3 is 0 Å². The zero-order chi connectivity index (χ0) is 21.5. The molecule has 31 heavy (non-hydrogen) atoms. The van der Waals surface area contributed by atoms with Gasteiger partial charge < -0.3 is 20.1 Å². The lowest BCUT2D eigenvalue weighted by Crippen LogP contribution is -2.43. The number of rotatable bonds is 7. The van der Waals surface area contributed by atoms with Gasteiger partial charge in [-0.05, 0) is 43.9 Å². The number of carbonyl (C=O) groups is 1. The fourth-order valence-corrected chi connectivity index (χ4v) is 3.60. The van der Waals surface area contributed by atoms with Crippen LogP contribution in [0, 0.1) is 6.92 Å². The fraction of sp³-hybridized carbons (Fsp3) is 0.545. The van der Waals surface area contributed by atoms with Crippen molar-refractivity contribution in [2.24, 2.45) is 12.0 Å². The van der Waals surface area contributed by atoms with E-state index in [1.807, 2.05) is 36.7 Å². The Morgan fingerprint density at radius 2 is 2.00 bits per heavy atom. The van der Waals surface area contributed by atoms with Gasteiger partial charge in [-0.2, -0.15) is 0 Å². The van der Waals surface area contributed by atoms with Gasteiger partial charge in [0.2, 0.25) is 0 Å². The first-order valence-corrected chi connectivity index (χ1v) is 10.6. The van der Waals surface area contributed by atoms with Gasteiger partial charge in [-0.25, -0.2) is 4.99 Å². The average Bonchev–Trinajstić information content (AvgIpc) is 3.36. The van der Waals surface area contributed by atoms with E-state index < -0.39 is 0 Å². The van der Waals surface area contributed by atoms with E-state index in [-0.39, 0.29) is 29.9 Å². The second-order valence-corrected chi connectivity index (χ2v) is 8.09. The summed E-state index contributed by atoms with van der Waals surface area (Å²) in [6, 6.07) is 8.29. The van der Waals surface area contributed by atoms with Crippen molar-refractivity contribution in [1.29, 1.82) is 0 Å². The Morgan fingerprint density at radius 1 is 1.26 bits per heavy atom. The maximum Gasteiger partial charge on any atom is 0.253 e. The molecular weight excluding hydrogens is 505 g/mol. The Hall–Kier alpha value is -2.17. The van der Waals surface area contributed by atoms with Crippen LogP contribution in [0.2, 0.25) is 0 Å². The Morgan fingerprint density at radius 3 is 2.65 bits per heavy atom. The van der Waals surface area contributed by atoms with Gasteiger partial charge in [-0.15, -0.1) is 34.2 Å². The second-order valence-electron chi connectivity index (χ2n) is 8.09. The highest BCUT2D eigenvalue weighted by Gasteiger charge is 2.16. The number of nitrogens with one attached hydrogen (secondary N) is 2.